The van der Waals surface area contributed by atoms with Gasteiger partial charge in [0.2, 0.25) is 0 Å². The second-order valence-corrected chi connectivity index (χ2v) is 8.42. The zero-order valence-electron chi connectivity index (χ0n) is 13.1. The molecule has 0 heterocycles. The van der Waals surface area contributed by atoms with Crippen molar-refractivity contribution in [2.75, 3.05) is 0 Å². The highest BCUT2D eigenvalue weighted by molar-refractivity contribution is 7.89. The normalized spacial score (nSPS) is 18.9. The zero-order chi connectivity index (χ0) is 16.8. The van der Waals surface area contributed by atoms with Gasteiger partial charge in [-0.15, -0.1) is 0 Å². The van der Waals surface area contributed by atoms with E-state index in [9.17, 15) is 12.8 Å². The maximum Gasteiger partial charge on any atom is 0.261 e. The van der Waals surface area contributed by atoms with Gasteiger partial charge in [-0.2, -0.15) is 0 Å². The molecular formula is C19H18FNO2S. The van der Waals surface area contributed by atoms with Crippen LogP contribution in [0, 0.1) is 11.2 Å². The Balaban J connectivity index is 1.70. The number of benzene rings is 2. The van der Waals surface area contributed by atoms with Gasteiger partial charge in [-0.1, -0.05) is 30.3 Å². The zero-order valence-corrected chi connectivity index (χ0v) is 13.9. The molecule has 1 saturated carbocycles. The van der Waals surface area contributed by atoms with Crippen LogP contribution in [0.25, 0.3) is 5.57 Å². The van der Waals surface area contributed by atoms with E-state index in [1.807, 2.05) is 0 Å². The Morgan fingerprint density at radius 1 is 0.917 bits per heavy atom. The predicted molar refractivity (Wildman–Crippen MR) is 91.0 cm³/mol. The molecule has 5 heteroatoms. The van der Waals surface area contributed by atoms with Crippen LogP contribution in [0.5, 0.6) is 0 Å². The lowest BCUT2D eigenvalue weighted by atomic mass is 9.99. The Morgan fingerprint density at radius 3 is 2.21 bits per heavy atom. The van der Waals surface area contributed by atoms with E-state index < -0.39 is 10.0 Å². The molecule has 3 nitrogen and oxygen atoms in total. The van der Waals surface area contributed by atoms with Crippen LogP contribution in [0.15, 0.2) is 65.2 Å². The second-order valence-electron chi connectivity index (χ2n) is 6.74. The van der Waals surface area contributed by atoms with Gasteiger partial charge in [0.15, 0.2) is 0 Å². The fraction of sp³-hybridized carbons (Fsp3) is 0.263. The van der Waals surface area contributed by atoms with Gasteiger partial charge in [0.05, 0.1) is 4.90 Å². The van der Waals surface area contributed by atoms with Crippen molar-refractivity contribution in [2.45, 2.75) is 30.6 Å². The van der Waals surface area contributed by atoms with E-state index in [-0.39, 0.29) is 16.1 Å². The van der Waals surface area contributed by atoms with E-state index in [2.05, 4.69) is 4.72 Å². The third-order valence-electron chi connectivity index (χ3n) is 4.93. The molecule has 0 amide bonds. The summed E-state index contributed by atoms with van der Waals surface area (Å²) >= 11 is 0. The number of hydrogen-bond acceptors (Lipinski definition) is 2. The van der Waals surface area contributed by atoms with Crippen molar-refractivity contribution in [1.29, 1.82) is 0 Å². The van der Waals surface area contributed by atoms with Gasteiger partial charge in [0, 0.05) is 5.70 Å². The summed E-state index contributed by atoms with van der Waals surface area (Å²) in [7, 11) is -3.60. The van der Waals surface area contributed by atoms with Crippen LogP contribution >= 0.6 is 0 Å². The number of rotatable bonds is 4. The first-order valence-electron chi connectivity index (χ1n) is 8.03. The predicted octanol–water partition coefficient (Wildman–Crippen LogP) is 4.09. The number of hydrogen-bond donors (Lipinski definition) is 1. The van der Waals surface area contributed by atoms with Crippen LogP contribution < -0.4 is 4.72 Å². The van der Waals surface area contributed by atoms with Gasteiger partial charge in [-0.25, -0.2) is 12.8 Å². The minimum atomic E-state index is -3.60. The molecule has 0 bridgehead atoms. The van der Waals surface area contributed by atoms with Crippen molar-refractivity contribution in [1.82, 2.24) is 4.72 Å². The Morgan fingerprint density at radius 2 is 1.58 bits per heavy atom. The molecule has 124 valence electrons. The minimum Gasteiger partial charge on any atom is -0.283 e. The summed E-state index contributed by atoms with van der Waals surface area (Å²) in [4.78, 5) is 0.257. The number of allylic oxidation sites excluding steroid dienone is 2. The van der Waals surface area contributed by atoms with Crippen LogP contribution in [-0.4, -0.2) is 8.42 Å². The molecule has 1 N–H and O–H groups in total. The fourth-order valence-corrected chi connectivity index (χ4v) is 4.56. The molecule has 4 rings (SSSR count). The summed E-state index contributed by atoms with van der Waals surface area (Å²) in [5.41, 5.74) is 2.85. The van der Waals surface area contributed by atoms with Crippen LogP contribution in [0.4, 0.5) is 4.39 Å². The van der Waals surface area contributed by atoms with Gasteiger partial charge in [0.25, 0.3) is 10.0 Å². The largest absolute Gasteiger partial charge is 0.283 e. The van der Waals surface area contributed by atoms with Crippen LogP contribution in [-0.2, 0) is 10.0 Å². The highest BCUT2D eigenvalue weighted by Gasteiger charge is 2.48. The molecule has 0 saturated heterocycles. The molecule has 1 fully saturated rings. The lowest BCUT2D eigenvalue weighted by Gasteiger charge is -2.12. The SMILES string of the molecule is O=S(=O)(NC1=C(c2ccc(F)cc2)CC2(CC2)C1)c1ccccc1. The number of nitrogens with one attached hydrogen (secondary N) is 1. The third kappa shape index (κ3) is 2.84. The lowest BCUT2D eigenvalue weighted by Crippen LogP contribution is -2.23. The van der Waals surface area contributed by atoms with Crippen molar-refractivity contribution in [3.63, 3.8) is 0 Å². The maximum absolute atomic E-state index is 13.2. The Bertz CT molecular complexity index is 898. The quantitative estimate of drug-likeness (QED) is 0.909. The summed E-state index contributed by atoms with van der Waals surface area (Å²) in [5, 5.41) is 0. The average Bonchev–Trinajstić information content (AvgIpc) is 3.23. The van der Waals surface area contributed by atoms with Crippen molar-refractivity contribution in [2.24, 2.45) is 5.41 Å². The van der Waals surface area contributed by atoms with Gasteiger partial charge < -0.3 is 0 Å². The molecule has 0 aliphatic heterocycles. The summed E-state index contributed by atoms with van der Waals surface area (Å²) in [6.07, 6.45) is 3.83. The molecule has 24 heavy (non-hydrogen) atoms. The molecule has 2 aliphatic carbocycles. The van der Waals surface area contributed by atoms with E-state index in [4.69, 9.17) is 0 Å². The highest BCUT2D eigenvalue weighted by Crippen LogP contribution is 2.61. The number of sulfonamides is 1. The van der Waals surface area contributed by atoms with Crippen LogP contribution in [0.1, 0.15) is 31.2 Å². The first-order chi connectivity index (χ1) is 11.5. The minimum absolute atomic E-state index is 0.207. The van der Waals surface area contributed by atoms with Crippen molar-refractivity contribution in [3.8, 4) is 0 Å². The Kier molecular flexibility index (Phi) is 3.49. The summed E-state index contributed by atoms with van der Waals surface area (Å²) in [6.45, 7) is 0. The smallest absolute Gasteiger partial charge is 0.261 e. The van der Waals surface area contributed by atoms with Crippen molar-refractivity contribution in [3.05, 3.63) is 71.7 Å². The highest BCUT2D eigenvalue weighted by atomic mass is 32.2. The van der Waals surface area contributed by atoms with Gasteiger partial charge in [-0.3, -0.25) is 4.72 Å². The molecule has 0 aromatic heterocycles. The topological polar surface area (TPSA) is 46.2 Å². The Labute approximate surface area is 141 Å². The van der Waals surface area contributed by atoms with Crippen LogP contribution in [0.2, 0.25) is 0 Å². The molecule has 2 aromatic carbocycles. The van der Waals surface area contributed by atoms with Crippen LogP contribution in [0.3, 0.4) is 0 Å². The van der Waals surface area contributed by atoms with Gasteiger partial charge in [-0.05, 0) is 66.5 Å². The third-order valence-corrected chi connectivity index (χ3v) is 6.34. The Hall–Kier alpha value is -2.14. The first kappa shape index (κ1) is 15.4. The molecule has 1 spiro atoms. The molecular weight excluding hydrogens is 325 g/mol. The molecule has 0 atom stereocenters. The monoisotopic (exact) mass is 343 g/mol. The lowest BCUT2D eigenvalue weighted by molar-refractivity contribution is 0.543. The maximum atomic E-state index is 13.2. The van der Waals surface area contributed by atoms with Crippen molar-refractivity contribution < 1.29 is 12.8 Å². The summed E-state index contributed by atoms with van der Waals surface area (Å²) in [5.74, 6) is -0.287. The fourth-order valence-electron chi connectivity index (χ4n) is 3.40. The van der Waals surface area contributed by atoms with E-state index in [0.717, 1.165) is 42.5 Å². The summed E-state index contributed by atoms with van der Waals surface area (Å²) in [6, 6.07) is 14.7. The van der Waals surface area contributed by atoms with E-state index in [1.54, 1.807) is 42.5 Å². The second kappa shape index (κ2) is 5.45. The van der Waals surface area contributed by atoms with Gasteiger partial charge >= 0.3 is 0 Å². The number of halogens is 1. The average molecular weight is 343 g/mol. The van der Waals surface area contributed by atoms with Crippen molar-refractivity contribution >= 4 is 15.6 Å². The molecule has 2 aliphatic rings. The molecule has 2 aromatic rings. The molecule has 0 radical (unpaired) electrons. The molecule has 0 unspecified atom stereocenters. The van der Waals surface area contributed by atoms with E-state index in [1.165, 1.54) is 12.1 Å². The standard InChI is InChI=1S/C19H18FNO2S/c20-15-8-6-14(7-9-15)17-12-19(10-11-19)13-18(17)21-24(22,23)16-4-2-1-3-5-16/h1-9,21H,10-13H2. The van der Waals surface area contributed by atoms with E-state index in [0.29, 0.717) is 0 Å². The first-order valence-corrected chi connectivity index (χ1v) is 9.52. The van der Waals surface area contributed by atoms with Gasteiger partial charge in [0.1, 0.15) is 5.82 Å². The summed E-state index contributed by atoms with van der Waals surface area (Å²) < 4.78 is 41.3. The van der Waals surface area contributed by atoms with E-state index >= 15 is 0 Å².